The molecular formula is C23H16ClN3O4. The smallest absolute Gasteiger partial charge is 0.328 e. The number of carboxylic acid groups (broad SMARTS) is 1. The summed E-state index contributed by atoms with van der Waals surface area (Å²) in [6.07, 6.45) is 3.25. The van der Waals surface area contributed by atoms with E-state index in [-0.39, 0.29) is 5.56 Å². The van der Waals surface area contributed by atoms with Crippen LogP contribution in [0.1, 0.15) is 13.0 Å². The number of furan rings is 1. The second kappa shape index (κ2) is 7.14. The van der Waals surface area contributed by atoms with Crippen molar-refractivity contribution in [3.8, 4) is 17.0 Å². The summed E-state index contributed by atoms with van der Waals surface area (Å²) in [6, 6.07) is 15.2. The summed E-state index contributed by atoms with van der Waals surface area (Å²) >= 11 is 5.95. The molecule has 0 aliphatic heterocycles. The Morgan fingerprint density at radius 3 is 2.65 bits per heavy atom. The van der Waals surface area contributed by atoms with E-state index in [1.807, 2.05) is 12.1 Å². The number of halogens is 1. The van der Waals surface area contributed by atoms with Gasteiger partial charge in [-0.3, -0.25) is 14.0 Å². The molecule has 1 atom stereocenters. The van der Waals surface area contributed by atoms with Gasteiger partial charge in [0.1, 0.15) is 17.4 Å². The number of carboxylic acids is 1. The van der Waals surface area contributed by atoms with Gasteiger partial charge in [0.15, 0.2) is 0 Å². The molecule has 31 heavy (non-hydrogen) atoms. The van der Waals surface area contributed by atoms with E-state index >= 15 is 0 Å². The van der Waals surface area contributed by atoms with Gasteiger partial charge in [0.05, 0.1) is 17.1 Å². The standard InChI is InChI=1S/C23H16ClN3O4/c1-13(23(29)30)27-19-7-6-17(10-15(19)12-25-27)26-9-8-20-18(22(26)28)11-21(31-20)14-2-4-16(24)5-3-14/h2-13H,1H3,(H,29,30). The van der Waals surface area contributed by atoms with E-state index in [9.17, 15) is 14.7 Å². The van der Waals surface area contributed by atoms with Crippen LogP contribution in [0.15, 0.2) is 76.2 Å². The third-order valence-electron chi connectivity index (χ3n) is 5.30. The van der Waals surface area contributed by atoms with Crippen LogP contribution in [0.5, 0.6) is 0 Å². The normalized spacial score (nSPS) is 12.5. The van der Waals surface area contributed by atoms with Gasteiger partial charge in [-0.2, -0.15) is 5.10 Å². The minimum Gasteiger partial charge on any atom is -0.480 e. The van der Waals surface area contributed by atoms with Crippen LogP contribution in [-0.4, -0.2) is 25.4 Å². The van der Waals surface area contributed by atoms with Crippen LogP contribution < -0.4 is 5.56 Å². The molecule has 3 aromatic heterocycles. The molecule has 0 aliphatic rings. The summed E-state index contributed by atoms with van der Waals surface area (Å²) in [7, 11) is 0. The van der Waals surface area contributed by atoms with E-state index in [4.69, 9.17) is 16.0 Å². The maximum absolute atomic E-state index is 13.1. The molecule has 3 heterocycles. The second-order valence-corrected chi connectivity index (χ2v) is 7.67. The van der Waals surface area contributed by atoms with Crippen LogP contribution in [0.3, 0.4) is 0 Å². The summed E-state index contributed by atoms with van der Waals surface area (Å²) in [5, 5.41) is 15.3. The molecule has 0 spiro atoms. The van der Waals surface area contributed by atoms with E-state index in [0.29, 0.717) is 33.0 Å². The molecule has 0 saturated heterocycles. The van der Waals surface area contributed by atoms with Gasteiger partial charge in [-0.05, 0) is 61.5 Å². The molecule has 0 fully saturated rings. The van der Waals surface area contributed by atoms with Gasteiger partial charge in [-0.25, -0.2) is 4.79 Å². The number of nitrogens with zero attached hydrogens (tertiary/aromatic N) is 3. The lowest BCUT2D eigenvalue weighted by molar-refractivity contribution is -0.140. The minimum absolute atomic E-state index is 0.216. The number of carbonyl (C=O) groups is 1. The van der Waals surface area contributed by atoms with Gasteiger partial charge in [-0.15, -0.1) is 0 Å². The fourth-order valence-corrected chi connectivity index (χ4v) is 3.73. The maximum Gasteiger partial charge on any atom is 0.328 e. The summed E-state index contributed by atoms with van der Waals surface area (Å²) < 4.78 is 8.84. The van der Waals surface area contributed by atoms with E-state index < -0.39 is 12.0 Å². The first-order chi connectivity index (χ1) is 14.9. The zero-order chi connectivity index (χ0) is 21.7. The lowest BCUT2D eigenvalue weighted by Crippen LogP contribution is -2.17. The minimum atomic E-state index is -0.966. The van der Waals surface area contributed by atoms with Gasteiger partial charge in [-0.1, -0.05) is 11.6 Å². The van der Waals surface area contributed by atoms with Crippen molar-refractivity contribution in [2.45, 2.75) is 13.0 Å². The monoisotopic (exact) mass is 433 g/mol. The molecular weight excluding hydrogens is 418 g/mol. The number of fused-ring (bicyclic) bond motifs is 2. The Balaban J connectivity index is 1.59. The number of aliphatic carboxylic acids is 1. The SMILES string of the molecule is CC(C(=O)O)n1ncc2cc(-n3ccc4oc(-c5ccc(Cl)cc5)cc4c3=O)ccc21. The molecule has 5 aromatic rings. The molecule has 0 saturated carbocycles. The Kier molecular flexibility index (Phi) is 4.41. The fourth-order valence-electron chi connectivity index (χ4n) is 3.60. The Hall–Kier alpha value is -3.84. The molecule has 0 aliphatic carbocycles. The lowest BCUT2D eigenvalue weighted by atomic mass is 10.1. The summed E-state index contributed by atoms with van der Waals surface area (Å²) in [5.74, 6) is -0.381. The molecule has 7 nitrogen and oxygen atoms in total. The van der Waals surface area contributed by atoms with Gasteiger partial charge >= 0.3 is 5.97 Å². The molecule has 0 amide bonds. The predicted octanol–water partition coefficient (Wildman–Crippen LogP) is 4.90. The molecule has 0 bridgehead atoms. The summed E-state index contributed by atoms with van der Waals surface area (Å²) in [6.45, 7) is 1.57. The zero-order valence-electron chi connectivity index (χ0n) is 16.3. The third kappa shape index (κ3) is 3.19. The van der Waals surface area contributed by atoms with Crippen LogP contribution in [-0.2, 0) is 4.79 Å². The molecule has 1 N–H and O–H groups in total. The summed E-state index contributed by atoms with van der Waals surface area (Å²) in [4.78, 5) is 24.4. The molecule has 154 valence electrons. The van der Waals surface area contributed by atoms with Gasteiger partial charge in [0, 0.05) is 27.9 Å². The number of benzene rings is 2. The number of pyridine rings is 1. The first-order valence-corrected chi connectivity index (χ1v) is 9.92. The average Bonchev–Trinajstić information content (AvgIpc) is 3.38. The quantitative estimate of drug-likeness (QED) is 0.435. The van der Waals surface area contributed by atoms with Gasteiger partial charge in [0.25, 0.3) is 5.56 Å². The first-order valence-electron chi connectivity index (χ1n) is 9.54. The van der Waals surface area contributed by atoms with Crippen molar-refractivity contribution in [3.63, 3.8) is 0 Å². The van der Waals surface area contributed by atoms with Crippen molar-refractivity contribution in [2.75, 3.05) is 0 Å². The van der Waals surface area contributed by atoms with E-state index in [1.54, 1.807) is 61.8 Å². The molecule has 5 rings (SSSR count). The Morgan fingerprint density at radius 1 is 1.13 bits per heavy atom. The van der Waals surface area contributed by atoms with Crippen molar-refractivity contribution in [1.29, 1.82) is 0 Å². The van der Waals surface area contributed by atoms with Crippen LogP contribution >= 0.6 is 11.6 Å². The van der Waals surface area contributed by atoms with Crippen molar-refractivity contribution in [2.24, 2.45) is 0 Å². The number of hydrogen-bond acceptors (Lipinski definition) is 4. The number of rotatable bonds is 4. The van der Waals surface area contributed by atoms with Gasteiger partial charge in [0.2, 0.25) is 0 Å². The first kappa shape index (κ1) is 19.1. The third-order valence-corrected chi connectivity index (χ3v) is 5.55. The topological polar surface area (TPSA) is 90.3 Å². The highest BCUT2D eigenvalue weighted by molar-refractivity contribution is 6.30. The fraction of sp³-hybridized carbons (Fsp3) is 0.0870. The Morgan fingerprint density at radius 2 is 1.90 bits per heavy atom. The van der Waals surface area contributed by atoms with Crippen LogP contribution in [0.25, 0.3) is 38.9 Å². The van der Waals surface area contributed by atoms with Crippen molar-refractivity contribution >= 4 is 39.4 Å². The number of aromatic nitrogens is 3. The highest BCUT2D eigenvalue weighted by atomic mass is 35.5. The van der Waals surface area contributed by atoms with Crippen molar-refractivity contribution in [3.05, 3.63) is 82.4 Å². The number of hydrogen-bond donors (Lipinski definition) is 1. The second-order valence-electron chi connectivity index (χ2n) is 7.23. The average molecular weight is 434 g/mol. The molecule has 1 unspecified atom stereocenters. The van der Waals surface area contributed by atoms with Crippen molar-refractivity contribution < 1.29 is 14.3 Å². The summed E-state index contributed by atoms with van der Waals surface area (Å²) in [5.41, 5.74) is 2.44. The van der Waals surface area contributed by atoms with E-state index in [0.717, 1.165) is 10.9 Å². The Bertz CT molecular complexity index is 1510. The van der Waals surface area contributed by atoms with E-state index in [2.05, 4.69) is 5.10 Å². The van der Waals surface area contributed by atoms with Crippen molar-refractivity contribution in [1.82, 2.24) is 14.3 Å². The highest BCUT2D eigenvalue weighted by Crippen LogP contribution is 2.28. The molecule has 8 heteroatoms. The van der Waals surface area contributed by atoms with Gasteiger partial charge < -0.3 is 9.52 Å². The largest absolute Gasteiger partial charge is 0.480 e. The highest BCUT2D eigenvalue weighted by Gasteiger charge is 2.17. The molecule has 2 aromatic carbocycles. The zero-order valence-corrected chi connectivity index (χ0v) is 17.1. The van der Waals surface area contributed by atoms with Crippen LogP contribution in [0.4, 0.5) is 0 Å². The lowest BCUT2D eigenvalue weighted by Gasteiger charge is -2.09. The predicted molar refractivity (Wildman–Crippen MR) is 118 cm³/mol. The van der Waals surface area contributed by atoms with Crippen LogP contribution in [0.2, 0.25) is 5.02 Å². The maximum atomic E-state index is 13.1. The molecule has 0 radical (unpaired) electrons. The van der Waals surface area contributed by atoms with E-state index in [1.165, 1.54) is 9.25 Å². The Labute approximate surface area is 180 Å². The van der Waals surface area contributed by atoms with Crippen LogP contribution in [0, 0.1) is 0 Å².